The monoisotopic (exact) mass is 360 g/mol. The van der Waals surface area contributed by atoms with Gasteiger partial charge in [-0.3, -0.25) is 4.79 Å². The lowest BCUT2D eigenvalue weighted by Gasteiger charge is -2.28. The van der Waals surface area contributed by atoms with Gasteiger partial charge in [-0.2, -0.15) is 0 Å². The third-order valence-electron chi connectivity index (χ3n) is 5.14. The van der Waals surface area contributed by atoms with Gasteiger partial charge in [0.2, 0.25) is 0 Å². The molecule has 1 amide bonds. The van der Waals surface area contributed by atoms with Gasteiger partial charge in [-0.05, 0) is 47.9 Å². The first-order valence-corrected chi connectivity index (χ1v) is 9.38. The summed E-state index contributed by atoms with van der Waals surface area (Å²) in [5.41, 5.74) is 2.72. The number of nitrogens with one attached hydrogen (secondary N) is 2. The number of hydrogen-bond acceptors (Lipinski definition) is 3. The highest BCUT2D eigenvalue weighted by Gasteiger charge is 2.20. The van der Waals surface area contributed by atoms with Crippen LogP contribution in [0, 0.1) is 6.92 Å². The molecule has 1 unspecified atom stereocenters. The van der Waals surface area contributed by atoms with E-state index in [0.29, 0.717) is 5.56 Å². The molecule has 3 aromatic carbocycles. The number of ether oxygens (including phenoxy) is 1. The maximum absolute atomic E-state index is 12.9. The van der Waals surface area contributed by atoms with Crippen LogP contribution in [0.25, 0.3) is 10.8 Å². The van der Waals surface area contributed by atoms with Crippen LogP contribution in [-0.4, -0.2) is 25.1 Å². The molecule has 1 aliphatic rings. The lowest BCUT2D eigenvalue weighted by atomic mass is 9.99. The second-order valence-corrected chi connectivity index (χ2v) is 7.14. The number of carbonyl (C=O) groups is 1. The number of fused-ring (bicyclic) bond motifs is 1. The molecule has 2 N–H and O–H groups in total. The molecule has 0 saturated carbocycles. The summed E-state index contributed by atoms with van der Waals surface area (Å²) in [6.07, 6.45) is 0.193. The predicted octanol–water partition coefficient (Wildman–Crippen LogP) is 3.99. The molecule has 1 fully saturated rings. The molecule has 1 atom stereocenters. The zero-order chi connectivity index (χ0) is 18.8. The SMILES string of the molecule is Cc1ccc(OC2CNC2)cc1C(=O)NC(C)c1cccc2ccccc12. The first-order valence-electron chi connectivity index (χ1n) is 9.38. The summed E-state index contributed by atoms with van der Waals surface area (Å²) in [6, 6.07) is 20.1. The van der Waals surface area contributed by atoms with Gasteiger partial charge in [0.05, 0.1) is 6.04 Å². The van der Waals surface area contributed by atoms with Crippen LogP contribution >= 0.6 is 0 Å². The summed E-state index contributed by atoms with van der Waals surface area (Å²) in [5.74, 6) is 0.667. The van der Waals surface area contributed by atoms with Crippen LogP contribution in [0.5, 0.6) is 5.75 Å². The molecule has 4 heteroatoms. The molecule has 3 aromatic rings. The quantitative estimate of drug-likeness (QED) is 0.723. The molecule has 1 aliphatic heterocycles. The van der Waals surface area contributed by atoms with Crippen LogP contribution in [0.2, 0.25) is 0 Å². The molecule has 0 aromatic heterocycles. The Morgan fingerprint density at radius 2 is 1.89 bits per heavy atom. The van der Waals surface area contributed by atoms with Crippen LogP contribution in [-0.2, 0) is 0 Å². The highest BCUT2D eigenvalue weighted by atomic mass is 16.5. The van der Waals surface area contributed by atoms with E-state index in [0.717, 1.165) is 30.0 Å². The summed E-state index contributed by atoms with van der Waals surface area (Å²) >= 11 is 0. The second-order valence-electron chi connectivity index (χ2n) is 7.14. The van der Waals surface area contributed by atoms with Gasteiger partial charge in [-0.15, -0.1) is 0 Å². The van der Waals surface area contributed by atoms with Crippen molar-refractivity contribution in [1.29, 1.82) is 0 Å². The molecule has 0 aliphatic carbocycles. The summed E-state index contributed by atoms with van der Waals surface area (Å²) in [6.45, 7) is 5.68. The number of carbonyl (C=O) groups excluding carboxylic acids is 1. The van der Waals surface area contributed by atoms with Gasteiger partial charge in [0.15, 0.2) is 0 Å². The Hall–Kier alpha value is -2.85. The normalized spacial score (nSPS) is 15.2. The molecule has 0 radical (unpaired) electrons. The number of aryl methyl sites for hydroxylation is 1. The predicted molar refractivity (Wildman–Crippen MR) is 108 cm³/mol. The molecular formula is C23H24N2O2. The summed E-state index contributed by atoms with van der Waals surface area (Å²) < 4.78 is 5.90. The molecule has 138 valence electrons. The third-order valence-corrected chi connectivity index (χ3v) is 5.14. The Balaban J connectivity index is 1.55. The highest BCUT2D eigenvalue weighted by molar-refractivity contribution is 5.96. The van der Waals surface area contributed by atoms with E-state index in [9.17, 15) is 4.79 Å². The molecule has 0 bridgehead atoms. The minimum atomic E-state index is -0.0941. The highest BCUT2D eigenvalue weighted by Crippen LogP contribution is 2.25. The van der Waals surface area contributed by atoms with Crippen molar-refractivity contribution in [2.45, 2.75) is 26.0 Å². The van der Waals surface area contributed by atoms with Crippen LogP contribution in [0.15, 0.2) is 60.7 Å². The summed E-state index contributed by atoms with van der Waals surface area (Å²) in [7, 11) is 0. The standard InChI is InChI=1S/C23H24N2O2/c1-15-10-11-18(27-19-13-24-14-19)12-22(15)23(26)25-16(2)20-9-5-7-17-6-3-4-8-21(17)20/h3-12,16,19,24H,13-14H2,1-2H3,(H,25,26). The largest absolute Gasteiger partial charge is 0.488 e. The van der Waals surface area contributed by atoms with E-state index < -0.39 is 0 Å². The van der Waals surface area contributed by atoms with Gasteiger partial charge in [-0.25, -0.2) is 0 Å². The van der Waals surface area contributed by atoms with E-state index in [1.165, 1.54) is 10.8 Å². The Kier molecular flexibility index (Phi) is 4.82. The molecule has 0 spiro atoms. The van der Waals surface area contributed by atoms with Gasteiger partial charge < -0.3 is 15.4 Å². The van der Waals surface area contributed by atoms with Crippen molar-refractivity contribution in [3.8, 4) is 5.75 Å². The lowest BCUT2D eigenvalue weighted by Crippen LogP contribution is -2.50. The van der Waals surface area contributed by atoms with Crippen LogP contribution in [0.3, 0.4) is 0 Å². The van der Waals surface area contributed by atoms with E-state index >= 15 is 0 Å². The van der Waals surface area contributed by atoms with Crippen molar-refractivity contribution in [1.82, 2.24) is 10.6 Å². The molecule has 4 rings (SSSR count). The number of rotatable bonds is 5. The van der Waals surface area contributed by atoms with E-state index in [2.05, 4.69) is 34.9 Å². The van der Waals surface area contributed by atoms with Crippen molar-refractivity contribution in [2.75, 3.05) is 13.1 Å². The number of benzene rings is 3. The number of hydrogen-bond donors (Lipinski definition) is 2. The maximum atomic E-state index is 12.9. The Bertz CT molecular complexity index is 974. The van der Waals surface area contributed by atoms with E-state index in [-0.39, 0.29) is 18.1 Å². The number of amides is 1. The van der Waals surface area contributed by atoms with E-state index in [1.54, 1.807) is 0 Å². The Morgan fingerprint density at radius 3 is 2.67 bits per heavy atom. The smallest absolute Gasteiger partial charge is 0.252 e. The summed E-state index contributed by atoms with van der Waals surface area (Å²) in [5, 5.41) is 8.68. The average molecular weight is 360 g/mol. The minimum Gasteiger partial charge on any atom is -0.488 e. The minimum absolute atomic E-state index is 0.0786. The van der Waals surface area contributed by atoms with Crippen LogP contribution in [0.1, 0.15) is 34.5 Å². The van der Waals surface area contributed by atoms with Crippen LogP contribution in [0.4, 0.5) is 0 Å². The average Bonchev–Trinajstić information content (AvgIpc) is 2.65. The first kappa shape index (κ1) is 17.6. The van der Waals surface area contributed by atoms with Crippen molar-refractivity contribution < 1.29 is 9.53 Å². The molecular weight excluding hydrogens is 336 g/mol. The van der Waals surface area contributed by atoms with Crippen molar-refractivity contribution in [3.05, 3.63) is 77.4 Å². The fourth-order valence-electron chi connectivity index (χ4n) is 3.44. The van der Waals surface area contributed by atoms with Crippen molar-refractivity contribution >= 4 is 16.7 Å². The molecule has 27 heavy (non-hydrogen) atoms. The fraction of sp³-hybridized carbons (Fsp3) is 0.261. The maximum Gasteiger partial charge on any atom is 0.252 e. The zero-order valence-electron chi connectivity index (χ0n) is 15.7. The zero-order valence-corrected chi connectivity index (χ0v) is 15.7. The lowest BCUT2D eigenvalue weighted by molar-refractivity contribution is 0.0937. The van der Waals surface area contributed by atoms with Gasteiger partial charge in [0.1, 0.15) is 11.9 Å². The fourth-order valence-corrected chi connectivity index (χ4v) is 3.44. The molecule has 1 heterocycles. The Labute approximate surface area is 159 Å². The first-order chi connectivity index (χ1) is 13.1. The summed E-state index contributed by atoms with van der Waals surface area (Å²) in [4.78, 5) is 12.9. The van der Waals surface area contributed by atoms with E-state index in [1.807, 2.05) is 50.2 Å². The van der Waals surface area contributed by atoms with Gasteiger partial charge >= 0.3 is 0 Å². The van der Waals surface area contributed by atoms with Crippen molar-refractivity contribution in [2.24, 2.45) is 0 Å². The van der Waals surface area contributed by atoms with Gasteiger partial charge in [0, 0.05) is 18.7 Å². The third kappa shape index (κ3) is 3.67. The molecule has 1 saturated heterocycles. The van der Waals surface area contributed by atoms with E-state index in [4.69, 9.17) is 4.74 Å². The van der Waals surface area contributed by atoms with Gasteiger partial charge in [-0.1, -0.05) is 48.5 Å². The molecule has 4 nitrogen and oxygen atoms in total. The van der Waals surface area contributed by atoms with Gasteiger partial charge in [0.25, 0.3) is 5.91 Å². The Morgan fingerprint density at radius 1 is 1.11 bits per heavy atom. The van der Waals surface area contributed by atoms with Crippen LogP contribution < -0.4 is 15.4 Å². The topological polar surface area (TPSA) is 50.4 Å². The van der Waals surface area contributed by atoms with Crippen molar-refractivity contribution in [3.63, 3.8) is 0 Å². The second kappa shape index (κ2) is 7.41.